The zero-order chi connectivity index (χ0) is 11.5. The molecule has 2 heteroatoms. The van der Waals surface area contributed by atoms with Crippen molar-refractivity contribution in [1.82, 2.24) is 5.32 Å². The van der Waals surface area contributed by atoms with E-state index in [1.165, 1.54) is 56.4 Å². The van der Waals surface area contributed by atoms with Gasteiger partial charge in [-0.25, -0.2) is 0 Å². The Balaban J connectivity index is 1.78. The van der Waals surface area contributed by atoms with Gasteiger partial charge in [0, 0.05) is 11.4 Å². The van der Waals surface area contributed by atoms with Crippen molar-refractivity contribution in [3.05, 3.63) is 22.4 Å². The van der Waals surface area contributed by atoms with Gasteiger partial charge < -0.3 is 5.32 Å². The molecular formula is C14H25NS. The Bertz CT molecular complexity index is 231. The molecule has 0 atom stereocenters. The predicted molar refractivity (Wildman–Crippen MR) is 74.0 cm³/mol. The summed E-state index contributed by atoms with van der Waals surface area (Å²) in [5.41, 5.74) is 0. The maximum absolute atomic E-state index is 3.50. The van der Waals surface area contributed by atoms with Gasteiger partial charge in [-0.1, -0.05) is 51.5 Å². The fourth-order valence-corrected chi connectivity index (χ4v) is 2.51. The van der Waals surface area contributed by atoms with E-state index in [2.05, 4.69) is 29.8 Å². The van der Waals surface area contributed by atoms with E-state index in [-0.39, 0.29) is 0 Å². The Morgan fingerprint density at radius 1 is 1.06 bits per heavy atom. The first-order chi connectivity index (χ1) is 7.93. The summed E-state index contributed by atoms with van der Waals surface area (Å²) in [6.07, 6.45) is 9.76. The Morgan fingerprint density at radius 3 is 2.50 bits per heavy atom. The summed E-state index contributed by atoms with van der Waals surface area (Å²) >= 11 is 1.84. The van der Waals surface area contributed by atoms with Crippen LogP contribution in [0.4, 0.5) is 0 Å². The van der Waals surface area contributed by atoms with Crippen LogP contribution >= 0.6 is 11.3 Å². The lowest BCUT2D eigenvalue weighted by Crippen LogP contribution is -2.13. The highest BCUT2D eigenvalue weighted by molar-refractivity contribution is 7.09. The molecule has 1 aromatic heterocycles. The zero-order valence-electron chi connectivity index (χ0n) is 10.5. The van der Waals surface area contributed by atoms with Crippen LogP contribution in [0.3, 0.4) is 0 Å². The van der Waals surface area contributed by atoms with Gasteiger partial charge in [0.1, 0.15) is 0 Å². The molecule has 0 radical (unpaired) electrons. The highest BCUT2D eigenvalue weighted by Gasteiger charge is 1.93. The molecule has 1 aromatic rings. The summed E-state index contributed by atoms with van der Waals surface area (Å²) in [7, 11) is 0. The van der Waals surface area contributed by atoms with Crippen molar-refractivity contribution in [2.24, 2.45) is 0 Å². The first-order valence-corrected chi connectivity index (χ1v) is 7.54. The van der Waals surface area contributed by atoms with Crippen molar-refractivity contribution in [1.29, 1.82) is 0 Å². The molecule has 1 N–H and O–H groups in total. The van der Waals surface area contributed by atoms with Crippen LogP contribution in [-0.4, -0.2) is 6.54 Å². The molecule has 0 saturated heterocycles. The van der Waals surface area contributed by atoms with E-state index in [4.69, 9.17) is 0 Å². The third-order valence-electron chi connectivity index (χ3n) is 2.84. The van der Waals surface area contributed by atoms with E-state index >= 15 is 0 Å². The summed E-state index contributed by atoms with van der Waals surface area (Å²) in [5.74, 6) is 0. The third kappa shape index (κ3) is 7.02. The van der Waals surface area contributed by atoms with Crippen LogP contribution in [-0.2, 0) is 6.54 Å². The molecule has 0 bridgehead atoms. The van der Waals surface area contributed by atoms with Crippen LogP contribution in [0.25, 0.3) is 0 Å². The van der Waals surface area contributed by atoms with Crippen molar-refractivity contribution >= 4 is 11.3 Å². The molecule has 0 aliphatic rings. The average Bonchev–Trinajstić information content (AvgIpc) is 2.80. The molecule has 1 nitrogen and oxygen atoms in total. The van der Waals surface area contributed by atoms with Gasteiger partial charge in [-0.05, 0) is 24.4 Å². The van der Waals surface area contributed by atoms with Gasteiger partial charge in [0.25, 0.3) is 0 Å². The van der Waals surface area contributed by atoms with Crippen molar-refractivity contribution in [3.63, 3.8) is 0 Å². The molecule has 1 rings (SSSR count). The summed E-state index contributed by atoms with van der Waals surface area (Å²) in [6.45, 7) is 4.49. The van der Waals surface area contributed by atoms with Crippen LogP contribution in [0, 0.1) is 0 Å². The van der Waals surface area contributed by atoms with E-state index in [9.17, 15) is 0 Å². The van der Waals surface area contributed by atoms with Gasteiger partial charge in [-0.3, -0.25) is 0 Å². The Morgan fingerprint density at radius 2 is 1.81 bits per heavy atom. The van der Waals surface area contributed by atoms with Crippen molar-refractivity contribution in [2.75, 3.05) is 6.54 Å². The number of hydrogen-bond acceptors (Lipinski definition) is 2. The van der Waals surface area contributed by atoms with Gasteiger partial charge >= 0.3 is 0 Å². The van der Waals surface area contributed by atoms with Crippen molar-refractivity contribution < 1.29 is 0 Å². The SMILES string of the molecule is CCCCCCCCCNCc1cccs1. The summed E-state index contributed by atoms with van der Waals surface area (Å²) < 4.78 is 0. The van der Waals surface area contributed by atoms with Crippen LogP contribution in [0.1, 0.15) is 56.7 Å². The van der Waals surface area contributed by atoms with E-state index < -0.39 is 0 Å². The molecule has 0 spiro atoms. The molecule has 0 aliphatic heterocycles. The Hall–Kier alpha value is -0.340. The fourth-order valence-electron chi connectivity index (χ4n) is 1.83. The second kappa shape index (κ2) is 9.86. The fraction of sp³-hybridized carbons (Fsp3) is 0.714. The number of hydrogen-bond donors (Lipinski definition) is 1. The van der Waals surface area contributed by atoms with Crippen LogP contribution in [0.2, 0.25) is 0 Å². The number of unbranched alkanes of at least 4 members (excludes halogenated alkanes) is 6. The minimum absolute atomic E-state index is 1.05. The average molecular weight is 239 g/mol. The minimum Gasteiger partial charge on any atom is -0.312 e. The quantitative estimate of drug-likeness (QED) is 0.589. The van der Waals surface area contributed by atoms with E-state index in [0.29, 0.717) is 0 Å². The van der Waals surface area contributed by atoms with Crippen LogP contribution in [0.15, 0.2) is 17.5 Å². The summed E-state index contributed by atoms with van der Waals surface area (Å²) in [6, 6.07) is 4.32. The minimum atomic E-state index is 1.05. The molecule has 0 unspecified atom stereocenters. The first-order valence-electron chi connectivity index (χ1n) is 6.66. The van der Waals surface area contributed by atoms with Gasteiger partial charge in [-0.2, -0.15) is 0 Å². The smallest absolute Gasteiger partial charge is 0.0299 e. The lowest BCUT2D eigenvalue weighted by molar-refractivity contribution is 0.564. The Labute approximate surface area is 104 Å². The third-order valence-corrected chi connectivity index (χ3v) is 3.71. The van der Waals surface area contributed by atoms with Gasteiger partial charge in [0.15, 0.2) is 0 Å². The topological polar surface area (TPSA) is 12.0 Å². The largest absolute Gasteiger partial charge is 0.312 e. The van der Waals surface area contributed by atoms with Crippen molar-refractivity contribution in [2.45, 2.75) is 58.4 Å². The normalized spacial score (nSPS) is 10.8. The molecule has 0 fully saturated rings. The molecule has 92 valence electrons. The molecule has 0 saturated carbocycles. The number of nitrogens with one attached hydrogen (secondary N) is 1. The molecule has 0 aromatic carbocycles. The zero-order valence-corrected chi connectivity index (χ0v) is 11.3. The second-order valence-corrected chi connectivity index (χ2v) is 5.41. The molecule has 1 heterocycles. The standard InChI is InChI=1S/C14H25NS/c1-2-3-4-5-6-7-8-11-15-13-14-10-9-12-16-14/h9-10,12,15H,2-8,11,13H2,1H3. The predicted octanol–water partition coefficient (Wildman–Crippen LogP) is 4.59. The lowest BCUT2D eigenvalue weighted by atomic mass is 10.1. The highest BCUT2D eigenvalue weighted by Crippen LogP contribution is 2.08. The molecule has 16 heavy (non-hydrogen) atoms. The molecule has 0 amide bonds. The van der Waals surface area contributed by atoms with Crippen molar-refractivity contribution in [3.8, 4) is 0 Å². The first kappa shape index (κ1) is 13.7. The van der Waals surface area contributed by atoms with E-state index in [0.717, 1.165) is 6.54 Å². The summed E-state index contributed by atoms with van der Waals surface area (Å²) in [4.78, 5) is 1.45. The maximum Gasteiger partial charge on any atom is 0.0299 e. The van der Waals surface area contributed by atoms with Crippen LogP contribution < -0.4 is 5.32 Å². The van der Waals surface area contributed by atoms with Crippen LogP contribution in [0.5, 0.6) is 0 Å². The van der Waals surface area contributed by atoms with Gasteiger partial charge in [0.2, 0.25) is 0 Å². The monoisotopic (exact) mass is 239 g/mol. The van der Waals surface area contributed by atoms with Gasteiger partial charge in [0.05, 0.1) is 0 Å². The van der Waals surface area contributed by atoms with E-state index in [1.807, 2.05) is 11.3 Å². The molecular weight excluding hydrogens is 214 g/mol. The highest BCUT2D eigenvalue weighted by atomic mass is 32.1. The number of thiophene rings is 1. The number of rotatable bonds is 10. The molecule has 0 aliphatic carbocycles. The van der Waals surface area contributed by atoms with Gasteiger partial charge in [-0.15, -0.1) is 11.3 Å². The second-order valence-electron chi connectivity index (χ2n) is 4.38. The van der Waals surface area contributed by atoms with E-state index in [1.54, 1.807) is 0 Å². The lowest BCUT2D eigenvalue weighted by Gasteiger charge is -2.03. The summed E-state index contributed by atoms with van der Waals surface area (Å²) in [5, 5.41) is 5.64. The Kier molecular flexibility index (Phi) is 8.45. The maximum atomic E-state index is 3.50.